The van der Waals surface area contributed by atoms with Crippen LogP contribution in [-0.2, 0) is 9.53 Å². The number of carbonyl (C=O) groups is 2. The molecule has 1 aliphatic rings. The third-order valence-corrected chi connectivity index (χ3v) is 4.76. The van der Waals surface area contributed by atoms with Crippen LogP contribution < -0.4 is 5.32 Å². The van der Waals surface area contributed by atoms with E-state index in [1.165, 1.54) is 6.42 Å². The highest BCUT2D eigenvalue weighted by Crippen LogP contribution is 2.24. The van der Waals surface area contributed by atoms with Gasteiger partial charge in [0.05, 0.1) is 16.6 Å². The molecule has 1 saturated carbocycles. The summed E-state index contributed by atoms with van der Waals surface area (Å²) in [6.45, 7) is 5.33. The van der Waals surface area contributed by atoms with Gasteiger partial charge in [-0.15, -0.1) is 0 Å². The molecule has 0 aromatic carbocycles. The van der Waals surface area contributed by atoms with Crippen molar-refractivity contribution in [1.82, 2.24) is 15.5 Å². The third-order valence-electron chi connectivity index (χ3n) is 4.76. The van der Waals surface area contributed by atoms with Crippen LogP contribution in [0.5, 0.6) is 0 Å². The first-order chi connectivity index (χ1) is 12.0. The fraction of sp³-hybridized carbons (Fsp3) is 0.556. The molecule has 0 aliphatic heterocycles. The minimum Gasteiger partial charge on any atom is -0.452 e. The van der Waals surface area contributed by atoms with Gasteiger partial charge in [-0.3, -0.25) is 4.79 Å². The quantitative estimate of drug-likeness (QED) is 0.856. The summed E-state index contributed by atoms with van der Waals surface area (Å²) in [5, 5.41) is 7.33. The number of nitrogens with zero attached hydrogens (tertiary/aromatic N) is 2. The van der Waals surface area contributed by atoms with Crippen molar-refractivity contribution in [3.63, 3.8) is 0 Å². The molecule has 0 unspecified atom stereocenters. The summed E-state index contributed by atoms with van der Waals surface area (Å²) >= 11 is 0. The summed E-state index contributed by atoms with van der Waals surface area (Å²) in [4.78, 5) is 28.7. The van der Waals surface area contributed by atoms with Gasteiger partial charge in [-0.05, 0) is 38.7 Å². The van der Waals surface area contributed by atoms with E-state index in [1.807, 2.05) is 0 Å². The first-order valence-corrected chi connectivity index (χ1v) is 8.66. The number of esters is 1. The highest BCUT2D eigenvalue weighted by atomic mass is 16.5. The van der Waals surface area contributed by atoms with Crippen molar-refractivity contribution in [3.05, 3.63) is 23.0 Å². The van der Waals surface area contributed by atoms with Crippen LogP contribution in [-0.4, -0.2) is 34.7 Å². The zero-order valence-electron chi connectivity index (χ0n) is 14.8. The Hall–Kier alpha value is -2.44. The summed E-state index contributed by atoms with van der Waals surface area (Å²) in [5.74, 6) is -0.389. The summed E-state index contributed by atoms with van der Waals surface area (Å²) in [6, 6.07) is 1.78. The first-order valence-electron chi connectivity index (χ1n) is 8.66. The zero-order chi connectivity index (χ0) is 18.0. The lowest BCUT2D eigenvalue weighted by Gasteiger charge is -2.29. The SMILES string of the molecule is Cc1cc(C(=O)OCC(=O)N[C@H]2CCCC[C@@H]2C)c2c(C)noc2n1. The van der Waals surface area contributed by atoms with Crippen LogP contribution in [0.15, 0.2) is 10.6 Å². The molecule has 7 heteroatoms. The Morgan fingerprint density at radius 3 is 2.84 bits per heavy atom. The van der Waals surface area contributed by atoms with Crippen molar-refractivity contribution < 1.29 is 18.8 Å². The highest BCUT2D eigenvalue weighted by Gasteiger charge is 2.24. The predicted octanol–water partition coefficient (Wildman–Crippen LogP) is 2.69. The highest BCUT2D eigenvalue weighted by molar-refractivity contribution is 6.03. The van der Waals surface area contributed by atoms with Gasteiger partial charge in [-0.1, -0.05) is 24.9 Å². The monoisotopic (exact) mass is 345 g/mol. The second kappa shape index (κ2) is 7.21. The number of carbonyl (C=O) groups excluding carboxylic acids is 2. The maximum Gasteiger partial charge on any atom is 0.339 e. The van der Waals surface area contributed by atoms with Gasteiger partial charge >= 0.3 is 5.97 Å². The Morgan fingerprint density at radius 1 is 1.32 bits per heavy atom. The standard InChI is InChI=1S/C18H23N3O4/c1-10-6-4-5-7-14(10)20-15(22)9-24-18(23)13-8-11(2)19-17-16(13)12(3)21-25-17/h8,10,14H,4-7,9H2,1-3H3,(H,20,22)/t10-,14-/m0/s1. The van der Waals surface area contributed by atoms with Crippen molar-refractivity contribution in [2.24, 2.45) is 5.92 Å². The smallest absolute Gasteiger partial charge is 0.339 e. The van der Waals surface area contributed by atoms with Crippen LogP contribution >= 0.6 is 0 Å². The molecular weight excluding hydrogens is 322 g/mol. The number of nitrogens with one attached hydrogen (secondary N) is 1. The van der Waals surface area contributed by atoms with E-state index >= 15 is 0 Å². The molecule has 0 radical (unpaired) electrons. The van der Waals surface area contributed by atoms with Crippen LogP contribution in [0.3, 0.4) is 0 Å². The number of hydrogen-bond acceptors (Lipinski definition) is 6. The Bertz CT molecular complexity index is 799. The van der Waals surface area contributed by atoms with Gasteiger partial charge in [0.15, 0.2) is 6.61 Å². The van der Waals surface area contributed by atoms with Crippen LogP contribution in [0, 0.1) is 19.8 Å². The zero-order valence-corrected chi connectivity index (χ0v) is 14.8. The van der Waals surface area contributed by atoms with Gasteiger partial charge in [-0.2, -0.15) is 0 Å². The molecule has 2 aromatic rings. The predicted molar refractivity (Wildman–Crippen MR) is 91.1 cm³/mol. The number of aromatic nitrogens is 2. The topological polar surface area (TPSA) is 94.3 Å². The number of rotatable bonds is 4. The van der Waals surface area contributed by atoms with E-state index in [9.17, 15) is 9.59 Å². The molecule has 3 rings (SSSR count). The number of hydrogen-bond donors (Lipinski definition) is 1. The van der Waals surface area contributed by atoms with Crippen molar-refractivity contribution in [1.29, 1.82) is 0 Å². The molecule has 0 spiro atoms. The normalized spacial score (nSPS) is 20.4. The molecule has 1 aliphatic carbocycles. The summed E-state index contributed by atoms with van der Waals surface area (Å²) < 4.78 is 10.3. The average Bonchev–Trinajstić information content (AvgIpc) is 2.95. The van der Waals surface area contributed by atoms with E-state index in [2.05, 4.69) is 22.4 Å². The van der Waals surface area contributed by atoms with E-state index in [-0.39, 0.29) is 18.6 Å². The second-order valence-corrected chi connectivity index (χ2v) is 6.77. The molecule has 0 saturated heterocycles. The lowest BCUT2D eigenvalue weighted by atomic mass is 9.86. The maximum absolute atomic E-state index is 12.4. The van der Waals surface area contributed by atoms with Crippen LogP contribution in [0.1, 0.15) is 54.4 Å². The van der Waals surface area contributed by atoms with Gasteiger partial charge in [0, 0.05) is 11.7 Å². The Balaban J connectivity index is 1.65. The lowest BCUT2D eigenvalue weighted by Crippen LogP contribution is -2.42. The summed E-state index contributed by atoms with van der Waals surface area (Å²) in [6.07, 6.45) is 4.42. The molecule has 2 atom stereocenters. The summed E-state index contributed by atoms with van der Waals surface area (Å²) in [7, 11) is 0. The van der Waals surface area contributed by atoms with Crippen molar-refractivity contribution >= 4 is 23.0 Å². The Kier molecular flexibility index (Phi) is 5.01. The van der Waals surface area contributed by atoms with Crippen molar-refractivity contribution in [3.8, 4) is 0 Å². The fourth-order valence-electron chi connectivity index (χ4n) is 3.37. The van der Waals surface area contributed by atoms with Gasteiger partial charge in [0.25, 0.3) is 11.6 Å². The fourth-order valence-corrected chi connectivity index (χ4v) is 3.37. The number of ether oxygens (including phenoxy) is 1. The summed E-state index contributed by atoms with van der Waals surface area (Å²) in [5.41, 5.74) is 1.80. The van der Waals surface area contributed by atoms with Gasteiger partial charge < -0.3 is 14.6 Å². The molecule has 1 amide bonds. The molecule has 2 aromatic heterocycles. The Labute approximate surface area is 146 Å². The van der Waals surface area contributed by atoms with E-state index in [0.29, 0.717) is 34.0 Å². The molecular formula is C18H23N3O4. The minimum absolute atomic E-state index is 0.162. The first kappa shape index (κ1) is 17.4. The molecule has 7 nitrogen and oxygen atoms in total. The van der Waals surface area contributed by atoms with Crippen LogP contribution in [0.25, 0.3) is 11.1 Å². The average molecular weight is 345 g/mol. The molecule has 134 valence electrons. The van der Waals surface area contributed by atoms with E-state index in [1.54, 1.807) is 19.9 Å². The van der Waals surface area contributed by atoms with Gasteiger partial charge in [-0.25, -0.2) is 9.78 Å². The van der Waals surface area contributed by atoms with Gasteiger partial charge in [0.1, 0.15) is 0 Å². The molecule has 1 fully saturated rings. The second-order valence-electron chi connectivity index (χ2n) is 6.77. The van der Waals surface area contributed by atoms with E-state index in [4.69, 9.17) is 9.26 Å². The van der Waals surface area contributed by atoms with Crippen molar-refractivity contribution in [2.75, 3.05) is 6.61 Å². The number of pyridine rings is 1. The van der Waals surface area contributed by atoms with Crippen LogP contribution in [0.2, 0.25) is 0 Å². The maximum atomic E-state index is 12.4. The molecule has 25 heavy (non-hydrogen) atoms. The van der Waals surface area contributed by atoms with E-state index < -0.39 is 5.97 Å². The number of fused-ring (bicyclic) bond motifs is 1. The third kappa shape index (κ3) is 3.81. The van der Waals surface area contributed by atoms with Gasteiger partial charge in [0.2, 0.25) is 0 Å². The molecule has 2 heterocycles. The molecule has 1 N–H and O–H groups in total. The molecule has 0 bridgehead atoms. The Morgan fingerprint density at radius 2 is 2.08 bits per heavy atom. The minimum atomic E-state index is -0.575. The van der Waals surface area contributed by atoms with E-state index in [0.717, 1.165) is 19.3 Å². The number of amides is 1. The number of aryl methyl sites for hydroxylation is 2. The lowest BCUT2D eigenvalue weighted by molar-refractivity contribution is -0.125. The van der Waals surface area contributed by atoms with Crippen LogP contribution in [0.4, 0.5) is 0 Å². The largest absolute Gasteiger partial charge is 0.452 e. The van der Waals surface area contributed by atoms with Crippen molar-refractivity contribution in [2.45, 2.75) is 52.5 Å².